The number of nitrogen functional groups attached to an aromatic ring is 1. The molecule has 0 radical (unpaired) electrons. The number of aromatic nitrogens is 3. The van der Waals surface area contributed by atoms with Gasteiger partial charge >= 0.3 is 5.97 Å². The molecule has 8 heteroatoms. The Morgan fingerprint density at radius 2 is 1.94 bits per heavy atom. The van der Waals surface area contributed by atoms with E-state index in [1.54, 1.807) is 13.3 Å². The maximum atomic E-state index is 13.0. The number of nitrogens with two attached hydrogens (primary N) is 1. The molecule has 2 aromatic heterocycles. The van der Waals surface area contributed by atoms with Crippen molar-refractivity contribution in [2.75, 3.05) is 19.5 Å². The molecule has 1 atom stereocenters. The zero-order chi connectivity index (χ0) is 22.7. The van der Waals surface area contributed by atoms with Crippen LogP contribution in [0.2, 0.25) is 0 Å². The van der Waals surface area contributed by atoms with Gasteiger partial charge in [-0.05, 0) is 35.7 Å². The van der Waals surface area contributed by atoms with Gasteiger partial charge in [0.25, 0.3) is 0 Å². The number of carbonyl (C=O) groups excluding carboxylic acids is 1. The Morgan fingerprint density at radius 1 is 1.19 bits per heavy atom. The van der Waals surface area contributed by atoms with E-state index in [4.69, 9.17) is 15.2 Å². The molecule has 0 amide bonds. The molecular formula is C24H25N5O3. The number of esters is 1. The normalized spacial score (nSPS) is 12.5. The first-order valence-electron chi connectivity index (χ1n) is 10.4. The summed E-state index contributed by atoms with van der Waals surface area (Å²) in [5.74, 6) is 0.544. The van der Waals surface area contributed by atoms with Crippen LogP contribution in [-0.2, 0) is 4.74 Å². The number of ether oxygens (including phenoxy) is 2. The fourth-order valence-electron chi connectivity index (χ4n) is 3.22. The number of para-hydroxylation sites is 2. The number of anilines is 1. The van der Waals surface area contributed by atoms with E-state index < -0.39 is 5.97 Å². The van der Waals surface area contributed by atoms with E-state index in [9.17, 15) is 4.79 Å². The van der Waals surface area contributed by atoms with Crippen LogP contribution in [0, 0.1) is 5.92 Å². The molecule has 0 aliphatic heterocycles. The monoisotopic (exact) mass is 431 g/mol. The lowest BCUT2D eigenvalue weighted by Gasteiger charge is -2.09. The molecule has 8 nitrogen and oxygen atoms in total. The Morgan fingerprint density at radius 3 is 2.66 bits per heavy atom. The van der Waals surface area contributed by atoms with Gasteiger partial charge in [-0.3, -0.25) is 0 Å². The van der Waals surface area contributed by atoms with Gasteiger partial charge in [0.1, 0.15) is 22.6 Å². The van der Waals surface area contributed by atoms with E-state index in [0.29, 0.717) is 34.6 Å². The van der Waals surface area contributed by atoms with Crippen molar-refractivity contribution in [1.82, 2.24) is 14.6 Å². The lowest BCUT2D eigenvalue weighted by molar-refractivity contribution is 0.0450. The van der Waals surface area contributed by atoms with Gasteiger partial charge in [0.05, 0.1) is 31.0 Å². The van der Waals surface area contributed by atoms with Crippen molar-refractivity contribution in [2.24, 2.45) is 11.0 Å². The third-order valence-corrected chi connectivity index (χ3v) is 5.29. The highest BCUT2D eigenvalue weighted by Crippen LogP contribution is 2.28. The Labute approximate surface area is 185 Å². The third-order valence-electron chi connectivity index (χ3n) is 5.29. The second-order valence-electron chi connectivity index (χ2n) is 7.59. The fourth-order valence-corrected chi connectivity index (χ4v) is 3.22. The molecule has 32 heavy (non-hydrogen) atoms. The smallest absolute Gasteiger partial charge is 0.344 e. The zero-order valence-electron chi connectivity index (χ0n) is 18.3. The van der Waals surface area contributed by atoms with Crippen LogP contribution >= 0.6 is 0 Å². The number of rotatable bonds is 7. The highest BCUT2D eigenvalue weighted by atomic mass is 16.5. The van der Waals surface area contributed by atoms with E-state index in [-0.39, 0.29) is 17.3 Å². The van der Waals surface area contributed by atoms with Crippen LogP contribution in [0.1, 0.15) is 36.2 Å². The van der Waals surface area contributed by atoms with Crippen molar-refractivity contribution in [3.8, 4) is 5.75 Å². The third kappa shape index (κ3) is 4.12. The summed E-state index contributed by atoms with van der Waals surface area (Å²) >= 11 is 0. The minimum atomic E-state index is -0.535. The van der Waals surface area contributed by atoms with Crippen LogP contribution in [0.4, 0.5) is 5.82 Å². The Balaban J connectivity index is 1.84. The first-order valence-corrected chi connectivity index (χ1v) is 10.4. The average Bonchev–Trinajstić information content (AvgIpc) is 3.09. The maximum absolute atomic E-state index is 13.0. The molecule has 0 spiro atoms. The summed E-state index contributed by atoms with van der Waals surface area (Å²) in [6, 6.07) is 14.9. The van der Waals surface area contributed by atoms with Crippen LogP contribution in [0.5, 0.6) is 5.75 Å². The molecule has 0 aliphatic carbocycles. The average molecular weight is 431 g/mol. The number of fused-ring (bicyclic) bond motifs is 2. The van der Waals surface area contributed by atoms with Gasteiger partial charge in [-0.25, -0.2) is 14.8 Å². The predicted octanol–water partition coefficient (Wildman–Crippen LogP) is 4.26. The molecule has 2 aromatic carbocycles. The minimum Gasteiger partial charge on any atom is -0.497 e. The molecular weight excluding hydrogens is 406 g/mol. The number of hydrogen-bond acceptors (Lipinski definition) is 7. The van der Waals surface area contributed by atoms with E-state index in [1.165, 1.54) is 4.68 Å². The van der Waals surface area contributed by atoms with Crippen molar-refractivity contribution >= 4 is 40.2 Å². The van der Waals surface area contributed by atoms with E-state index in [1.807, 2.05) is 62.4 Å². The van der Waals surface area contributed by atoms with E-state index in [2.05, 4.69) is 15.1 Å². The molecule has 1 unspecified atom stereocenters. The summed E-state index contributed by atoms with van der Waals surface area (Å²) in [5.41, 5.74) is 9.44. The van der Waals surface area contributed by atoms with Gasteiger partial charge in [0, 0.05) is 0 Å². The summed E-state index contributed by atoms with van der Waals surface area (Å²) < 4.78 is 12.2. The maximum Gasteiger partial charge on any atom is 0.344 e. The van der Waals surface area contributed by atoms with E-state index in [0.717, 1.165) is 12.0 Å². The molecule has 0 bridgehead atoms. The largest absolute Gasteiger partial charge is 0.497 e. The second kappa shape index (κ2) is 9.05. The topological polar surface area (TPSA) is 105 Å². The minimum absolute atomic E-state index is 0.128. The first-order chi connectivity index (χ1) is 15.5. The predicted molar refractivity (Wildman–Crippen MR) is 125 cm³/mol. The molecule has 2 N–H and O–H groups in total. The number of nitrogens with zero attached hydrogens (tertiary/aromatic N) is 4. The molecule has 164 valence electrons. The van der Waals surface area contributed by atoms with Gasteiger partial charge in [0.15, 0.2) is 5.65 Å². The van der Waals surface area contributed by atoms with Gasteiger partial charge in [-0.1, -0.05) is 44.5 Å². The summed E-state index contributed by atoms with van der Waals surface area (Å²) in [7, 11) is 1.60. The quantitative estimate of drug-likeness (QED) is 0.346. The fraction of sp³-hybridized carbons (Fsp3) is 0.250. The molecule has 0 fully saturated rings. The summed E-state index contributed by atoms with van der Waals surface area (Å²) in [5, 5.41) is 4.50. The SMILES string of the molecule is CCC(C)COC(=O)c1c(N)n(N=Cc2cccc(OC)c2)c2nc3ccccc3nc12. The van der Waals surface area contributed by atoms with Crippen LogP contribution in [-0.4, -0.2) is 40.5 Å². The van der Waals surface area contributed by atoms with Crippen LogP contribution < -0.4 is 10.5 Å². The highest BCUT2D eigenvalue weighted by molar-refractivity contribution is 6.08. The van der Waals surface area contributed by atoms with Crippen LogP contribution in [0.15, 0.2) is 53.6 Å². The highest BCUT2D eigenvalue weighted by Gasteiger charge is 2.25. The zero-order valence-corrected chi connectivity index (χ0v) is 18.3. The van der Waals surface area contributed by atoms with Crippen LogP contribution in [0.3, 0.4) is 0 Å². The number of carbonyl (C=O) groups is 1. The molecule has 0 saturated heterocycles. The second-order valence-corrected chi connectivity index (χ2v) is 7.59. The molecule has 0 aliphatic rings. The molecule has 2 heterocycles. The van der Waals surface area contributed by atoms with Gasteiger partial charge in [-0.2, -0.15) is 9.78 Å². The van der Waals surface area contributed by atoms with Crippen molar-refractivity contribution in [1.29, 1.82) is 0 Å². The Kier molecular flexibility index (Phi) is 6.02. The number of hydrogen-bond donors (Lipinski definition) is 1. The first kappa shape index (κ1) is 21.3. The number of methoxy groups -OCH3 is 1. The summed E-state index contributed by atoms with van der Waals surface area (Å²) in [6.45, 7) is 4.37. The Hall–Kier alpha value is -3.94. The summed E-state index contributed by atoms with van der Waals surface area (Å²) in [6.07, 6.45) is 2.53. The molecule has 4 aromatic rings. The van der Waals surface area contributed by atoms with Gasteiger partial charge < -0.3 is 15.2 Å². The van der Waals surface area contributed by atoms with Crippen molar-refractivity contribution in [2.45, 2.75) is 20.3 Å². The lowest BCUT2D eigenvalue weighted by atomic mass is 10.1. The van der Waals surface area contributed by atoms with Crippen molar-refractivity contribution in [3.63, 3.8) is 0 Å². The standard InChI is InChI=1S/C24H25N5O3/c1-4-15(2)14-32-24(30)20-21-23(28-19-11-6-5-10-18(19)27-21)29(22(20)25)26-13-16-8-7-9-17(12-16)31-3/h5-13,15H,4,14,25H2,1-3H3. The van der Waals surface area contributed by atoms with Crippen LogP contribution in [0.25, 0.3) is 22.2 Å². The van der Waals surface area contributed by atoms with Gasteiger partial charge in [-0.15, -0.1) is 0 Å². The molecule has 0 saturated carbocycles. The van der Waals surface area contributed by atoms with Crippen molar-refractivity contribution < 1.29 is 14.3 Å². The van der Waals surface area contributed by atoms with Crippen molar-refractivity contribution in [3.05, 3.63) is 59.7 Å². The van der Waals surface area contributed by atoms with E-state index >= 15 is 0 Å². The lowest BCUT2D eigenvalue weighted by Crippen LogP contribution is -2.13. The molecule has 4 rings (SSSR count). The Bertz CT molecular complexity index is 1310. The number of benzene rings is 2. The van der Waals surface area contributed by atoms with Gasteiger partial charge in [0.2, 0.25) is 0 Å². The summed E-state index contributed by atoms with van der Waals surface area (Å²) in [4.78, 5) is 22.3.